The quantitative estimate of drug-likeness (QED) is 0.304. The summed E-state index contributed by atoms with van der Waals surface area (Å²) in [4.78, 5) is 15.5. The first kappa shape index (κ1) is 28.3. The fraction of sp³-hybridized carbons (Fsp3) is 0.552. The van der Waals surface area contributed by atoms with Crippen LogP contribution in [-0.4, -0.2) is 37.6 Å². The Labute approximate surface area is 219 Å². The molecule has 36 heavy (non-hydrogen) atoms. The van der Waals surface area contributed by atoms with Crippen LogP contribution in [0.15, 0.2) is 41.3 Å². The van der Waals surface area contributed by atoms with Crippen LogP contribution >= 0.6 is 11.8 Å². The van der Waals surface area contributed by atoms with Gasteiger partial charge in [0.05, 0.1) is 19.4 Å². The van der Waals surface area contributed by atoms with E-state index in [1.807, 2.05) is 50.7 Å². The summed E-state index contributed by atoms with van der Waals surface area (Å²) in [6.45, 7) is 11.0. The summed E-state index contributed by atoms with van der Waals surface area (Å²) in [5.74, 6) is 1.06. The Kier molecular flexibility index (Phi) is 9.70. The van der Waals surface area contributed by atoms with Gasteiger partial charge >= 0.3 is 5.97 Å². The van der Waals surface area contributed by atoms with E-state index in [9.17, 15) is 9.18 Å². The lowest BCUT2D eigenvalue weighted by Gasteiger charge is -2.37. The fourth-order valence-electron chi connectivity index (χ4n) is 4.48. The Hall–Kier alpha value is -2.25. The average Bonchev–Trinajstić information content (AvgIpc) is 2.99. The Bertz CT molecular complexity index is 1020. The normalized spacial score (nSPS) is 17.9. The van der Waals surface area contributed by atoms with Gasteiger partial charge in [0.2, 0.25) is 0 Å². The zero-order valence-electron chi connectivity index (χ0n) is 22.5. The number of hydrogen-bond donors (Lipinski definition) is 0. The van der Waals surface area contributed by atoms with E-state index >= 15 is 0 Å². The van der Waals surface area contributed by atoms with Crippen molar-refractivity contribution in [1.82, 2.24) is 0 Å². The van der Waals surface area contributed by atoms with E-state index < -0.39 is 11.6 Å². The van der Waals surface area contributed by atoms with Crippen LogP contribution in [0.5, 0.6) is 5.75 Å². The highest BCUT2D eigenvalue weighted by atomic mass is 32.2. The molecular weight excluding hydrogens is 477 g/mol. The third kappa shape index (κ3) is 7.39. The van der Waals surface area contributed by atoms with Crippen LogP contribution in [0, 0.1) is 11.2 Å². The summed E-state index contributed by atoms with van der Waals surface area (Å²) >= 11 is 1.86. The van der Waals surface area contributed by atoms with Crippen molar-refractivity contribution in [1.29, 1.82) is 0 Å². The summed E-state index contributed by atoms with van der Waals surface area (Å²) in [6, 6.07) is 10.9. The van der Waals surface area contributed by atoms with Crippen LogP contribution in [-0.2, 0) is 20.9 Å². The molecule has 1 aliphatic heterocycles. The number of esters is 1. The first-order valence-corrected chi connectivity index (χ1v) is 13.7. The Balaban J connectivity index is 1.93. The second-order valence-electron chi connectivity index (χ2n) is 10.5. The molecule has 0 radical (unpaired) electrons. The minimum absolute atomic E-state index is 0.123. The maximum atomic E-state index is 13.8. The van der Waals surface area contributed by atoms with Crippen molar-refractivity contribution in [3.05, 3.63) is 47.8 Å². The van der Waals surface area contributed by atoms with Gasteiger partial charge in [0.25, 0.3) is 0 Å². The molecule has 5 nitrogen and oxygen atoms in total. The Morgan fingerprint density at radius 3 is 2.50 bits per heavy atom. The molecule has 1 atom stereocenters. The molecule has 1 aliphatic rings. The highest BCUT2D eigenvalue weighted by molar-refractivity contribution is 7.99. The minimum atomic E-state index is -0.549. The number of fused-ring (bicyclic) bond motifs is 1. The monoisotopic (exact) mass is 517 g/mol. The van der Waals surface area contributed by atoms with Crippen molar-refractivity contribution in [2.75, 3.05) is 30.9 Å². The molecule has 0 spiro atoms. The number of nitrogens with zero attached hydrogens (tertiary/aromatic N) is 1. The van der Waals surface area contributed by atoms with Crippen molar-refractivity contribution >= 4 is 29.1 Å². The molecule has 1 heterocycles. The van der Waals surface area contributed by atoms with Gasteiger partial charge in [0, 0.05) is 34.5 Å². The first-order valence-electron chi connectivity index (χ1n) is 12.8. The van der Waals surface area contributed by atoms with Crippen molar-refractivity contribution in [3.63, 3.8) is 0 Å². The highest BCUT2D eigenvalue weighted by Crippen LogP contribution is 2.48. The van der Waals surface area contributed by atoms with Crippen molar-refractivity contribution in [3.8, 4) is 5.75 Å². The standard InChI is InChI=1S/C29H40FNO4S/c1-7-9-14-29(8-2)19-31(23-12-10-22(30)11-13-23)24-16-25(33-6)21(15-26(24)36-20-29)17-34-18-27(32)35-28(3,4)5/h10-13,15-16H,7-9,14,17-20H2,1-6H3. The summed E-state index contributed by atoms with van der Waals surface area (Å²) < 4.78 is 30.6. The molecule has 7 heteroatoms. The number of thioether (sulfide) groups is 1. The second-order valence-corrected chi connectivity index (χ2v) is 11.5. The Morgan fingerprint density at radius 1 is 1.17 bits per heavy atom. The average molecular weight is 518 g/mol. The third-order valence-electron chi connectivity index (χ3n) is 6.53. The molecule has 0 aliphatic carbocycles. The van der Waals surface area contributed by atoms with E-state index in [1.54, 1.807) is 7.11 Å². The molecule has 1 unspecified atom stereocenters. The summed E-state index contributed by atoms with van der Waals surface area (Å²) in [5.41, 5.74) is 2.47. The molecule has 0 aromatic heterocycles. The van der Waals surface area contributed by atoms with Crippen LogP contribution in [0.25, 0.3) is 0 Å². The smallest absolute Gasteiger partial charge is 0.332 e. The number of carbonyl (C=O) groups is 1. The van der Waals surface area contributed by atoms with E-state index in [0.29, 0.717) is 5.75 Å². The van der Waals surface area contributed by atoms with Gasteiger partial charge in [-0.3, -0.25) is 0 Å². The van der Waals surface area contributed by atoms with Crippen molar-refractivity contribution in [2.45, 2.75) is 77.4 Å². The van der Waals surface area contributed by atoms with Gasteiger partial charge in [-0.25, -0.2) is 9.18 Å². The van der Waals surface area contributed by atoms with Crippen molar-refractivity contribution in [2.24, 2.45) is 5.41 Å². The number of ether oxygens (including phenoxy) is 3. The zero-order chi connectivity index (χ0) is 26.3. The first-order chi connectivity index (χ1) is 17.1. The molecule has 0 saturated heterocycles. The third-order valence-corrected chi connectivity index (χ3v) is 7.92. The van der Waals surface area contributed by atoms with Gasteiger partial charge in [0.15, 0.2) is 0 Å². The SMILES string of the molecule is CCCCC1(CC)CSc2cc(COCC(=O)OC(C)(C)C)c(OC)cc2N(c2ccc(F)cc2)C1. The van der Waals surface area contributed by atoms with Gasteiger partial charge < -0.3 is 19.1 Å². The molecule has 0 bridgehead atoms. The van der Waals surface area contributed by atoms with Gasteiger partial charge in [0.1, 0.15) is 23.8 Å². The van der Waals surface area contributed by atoms with Gasteiger partial charge in [-0.05, 0) is 69.4 Å². The predicted molar refractivity (Wildman–Crippen MR) is 145 cm³/mol. The van der Waals surface area contributed by atoms with Crippen LogP contribution in [0.4, 0.5) is 15.8 Å². The number of halogens is 1. The van der Waals surface area contributed by atoms with Crippen LogP contribution in [0.3, 0.4) is 0 Å². The summed E-state index contributed by atoms with van der Waals surface area (Å²) in [7, 11) is 1.64. The minimum Gasteiger partial charge on any atom is -0.496 e. The maximum Gasteiger partial charge on any atom is 0.332 e. The lowest BCUT2D eigenvalue weighted by atomic mass is 9.81. The van der Waals surface area contributed by atoms with E-state index in [2.05, 4.69) is 24.8 Å². The second kappa shape index (κ2) is 12.3. The largest absolute Gasteiger partial charge is 0.496 e. The van der Waals surface area contributed by atoms with E-state index in [0.717, 1.165) is 53.4 Å². The zero-order valence-corrected chi connectivity index (χ0v) is 23.3. The molecule has 0 saturated carbocycles. The topological polar surface area (TPSA) is 48.0 Å². The number of benzene rings is 2. The number of anilines is 2. The number of methoxy groups -OCH3 is 1. The highest BCUT2D eigenvalue weighted by Gasteiger charge is 2.35. The van der Waals surface area contributed by atoms with Gasteiger partial charge in [-0.2, -0.15) is 0 Å². The predicted octanol–water partition coefficient (Wildman–Crippen LogP) is 7.52. The molecule has 0 fully saturated rings. The molecule has 198 valence electrons. The fourth-order valence-corrected chi connectivity index (χ4v) is 5.92. The van der Waals surface area contributed by atoms with E-state index in [-0.39, 0.29) is 24.4 Å². The number of carbonyl (C=O) groups excluding carboxylic acids is 1. The Morgan fingerprint density at radius 2 is 1.89 bits per heavy atom. The van der Waals surface area contributed by atoms with Crippen molar-refractivity contribution < 1.29 is 23.4 Å². The number of rotatable bonds is 10. The summed E-state index contributed by atoms with van der Waals surface area (Å²) in [5, 5.41) is 0. The molecule has 0 amide bonds. The van der Waals surface area contributed by atoms with Crippen LogP contribution in [0.2, 0.25) is 0 Å². The van der Waals surface area contributed by atoms with Crippen LogP contribution in [0.1, 0.15) is 65.9 Å². The molecule has 2 aromatic carbocycles. The van der Waals surface area contributed by atoms with Gasteiger partial charge in [-0.1, -0.05) is 26.7 Å². The molecule has 2 aromatic rings. The molecule has 3 rings (SSSR count). The van der Waals surface area contributed by atoms with E-state index in [4.69, 9.17) is 14.2 Å². The lowest BCUT2D eigenvalue weighted by molar-refractivity contribution is -0.160. The number of unbranched alkanes of at least 4 members (excludes halogenated alkanes) is 1. The molecule has 0 N–H and O–H groups in total. The lowest BCUT2D eigenvalue weighted by Crippen LogP contribution is -2.36. The molecular formula is C29H40FNO4S. The van der Waals surface area contributed by atoms with Gasteiger partial charge in [-0.15, -0.1) is 11.8 Å². The van der Waals surface area contributed by atoms with Crippen LogP contribution < -0.4 is 9.64 Å². The summed E-state index contributed by atoms with van der Waals surface area (Å²) in [6.07, 6.45) is 4.54. The number of hydrogen-bond acceptors (Lipinski definition) is 6. The van der Waals surface area contributed by atoms with E-state index in [1.165, 1.54) is 18.6 Å². The maximum absolute atomic E-state index is 13.8.